The van der Waals surface area contributed by atoms with E-state index in [2.05, 4.69) is 43.3 Å². The minimum atomic E-state index is -0.00879. The molecule has 2 N–H and O–H groups in total. The number of para-hydroxylation sites is 1. The zero-order chi connectivity index (χ0) is 13.4. The standard InChI is InChI=1S/C17H17NO/c1-11-6-5-7-13-10-16(19-17(11)13)15-9-4-3-8-14(15)12(2)18/h3-10,12H,18H2,1-2H3. The van der Waals surface area contributed by atoms with E-state index in [9.17, 15) is 0 Å². The third kappa shape index (κ3) is 2.04. The molecule has 3 rings (SSSR count). The molecule has 0 fully saturated rings. The number of hydrogen-bond acceptors (Lipinski definition) is 2. The molecule has 96 valence electrons. The van der Waals surface area contributed by atoms with E-state index >= 15 is 0 Å². The predicted octanol–water partition coefficient (Wildman–Crippen LogP) is 4.43. The Morgan fingerprint density at radius 1 is 1.05 bits per heavy atom. The Bertz CT molecular complexity index is 725. The molecule has 1 unspecified atom stereocenters. The van der Waals surface area contributed by atoms with Crippen LogP contribution in [0.3, 0.4) is 0 Å². The van der Waals surface area contributed by atoms with Gasteiger partial charge < -0.3 is 10.2 Å². The van der Waals surface area contributed by atoms with Gasteiger partial charge in [-0.05, 0) is 31.0 Å². The third-order valence-electron chi connectivity index (χ3n) is 3.46. The smallest absolute Gasteiger partial charge is 0.137 e. The Labute approximate surface area is 112 Å². The number of furan rings is 1. The zero-order valence-electron chi connectivity index (χ0n) is 11.2. The summed E-state index contributed by atoms with van der Waals surface area (Å²) in [6.45, 7) is 4.06. The molecule has 0 aliphatic heterocycles. The van der Waals surface area contributed by atoms with Crippen LogP contribution in [0, 0.1) is 6.92 Å². The van der Waals surface area contributed by atoms with Gasteiger partial charge in [-0.1, -0.05) is 42.5 Å². The summed E-state index contributed by atoms with van der Waals surface area (Å²) in [5.41, 5.74) is 10.3. The predicted molar refractivity (Wildman–Crippen MR) is 79.0 cm³/mol. The van der Waals surface area contributed by atoms with Gasteiger partial charge in [-0.3, -0.25) is 0 Å². The van der Waals surface area contributed by atoms with Crippen molar-refractivity contribution in [2.24, 2.45) is 5.73 Å². The van der Waals surface area contributed by atoms with Gasteiger partial charge in [0.05, 0.1) is 0 Å². The first kappa shape index (κ1) is 12.0. The third-order valence-corrected chi connectivity index (χ3v) is 3.46. The van der Waals surface area contributed by atoms with Crippen LogP contribution in [0.2, 0.25) is 0 Å². The van der Waals surface area contributed by atoms with E-state index in [0.29, 0.717) is 0 Å². The van der Waals surface area contributed by atoms with E-state index in [-0.39, 0.29) is 6.04 Å². The molecule has 2 nitrogen and oxygen atoms in total. The molecule has 0 amide bonds. The molecule has 2 heteroatoms. The number of fused-ring (bicyclic) bond motifs is 1. The van der Waals surface area contributed by atoms with Gasteiger partial charge in [-0.15, -0.1) is 0 Å². The lowest BCUT2D eigenvalue weighted by Gasteiger charge is -2.10. The molecule has 0 bridgehead atoms. The minimum absolute atomic E-state index is 0.00879. The highest BCUT2D eigenvalue weighted by atomic mass is 16.3. The summed E-state index contributed by atoms with van der Waals surface area (Å²) in [7, 11) is 0. The maximum absolute atomic E-state index is 6.03. The monoisotopic (exact) mass is 251 g/mol. The topological polar surface area (TPSA) is 39.2 Å². The van der Waals surface area contributed by atoms with E-state index in [1.54, 1.807) is 0 Å². The molecule has 0 saturated carbocycles. The van der Waals surface area contributed by atoms with Gasteiger partial charge in [0.1, 0.15) is 11.3 Å². The summed E-state index contributed by atoms with van der Waals surface area (Å²) in [4.78, 5) is 0. The van der Waals surface area contributed by atoms with Crippen molar-refractivity contribution in [1.29, 1.82) is 0 Å². The molecule has 1 atom stereocenters. The number of rotatable bonds is 2. The van der Waals surface area contributed by atoms with Crippen molar-refractivity contribution in [2.45, 2.75) is 19.9 Å². The average Bonchev–Trinajstić information content (AvgIpc) is 2.84. The van der Waals surface area contributed by atoms with E-state index in [1.807, 2.05) is 19.1 Å². The highest BCUT2D eigenvalue weighted by molar-refractivity contribution is 5.85. The van der Waals surface area contributed by atoms with Gasteiger partial charge >= 0.3 is 0 Å². The fraction of sp³-hybridized carbons (Fsp3) is 0.176. The number of aryl methyl sites for hydroxylation is 1. The van der Waals surface area contributed by atoms with Crippen molar-refractivity contribution < 1.29 is 4.42 Å². The van der Waals surface area contributed by atoms with Gasteiger partial charge in [0, 0.05) is 17.0 Å². The Morgan fingerprint density at radius 3 is 2.58 bits per heavy atom. The van der Waals surface area contributed by atoms with Crippen molar-refractivity contribution in [3.05, 3.63) is 59.7 Å². The van der Waals surface area contributed by atoms with E-state index in [1.165, 1.54) is 0 Å². The average molecular weight is 251 g/mol. The Kier molecular flexibility index (Phi) is 2.88. The Hall–Kier alpha value is -2.06. The molecule has 0 saturated heterocycles. The zero-order valence-corrected chi connectivity index (χ0v) is 11.2. The van der Waals surface area contributed by atoms with Gasteiger partial charge in [-0.2, -0.15) is 0 Å². The van der Waals surface area contributed by atoms with Crippen molar-refractivity contribution in [2.75, 3.05) is 0 Å². The summed E-state index contributed by atoms with van der Waals surface area (Å²) in [6.07, 6.45) is 0. The molecule has 0 radical (unpaired) electrons. The largest absolute Gasteiger partial charge is 0.456 e. The Balaban J connectivity index is 2.22. The number of hydrogen-bond donors (Lipinski definition) is 1. The lowest BCUT2D eigenvalue weighted by Crippen LogP contribution is -2.06. The second-order valence-corrected chi connectivity index (χ2v) is 4.98. The van der Waals surface area contributed by atoms with Crippen LogP contribution < -0.4 is 5.73 Å². The molecule has 0 aliphatic rings. The molecule has 19 heavy (non-hydrogen) atoms. The van der Waals surface area contributed by atoms with Crippen LogP contribution in [0.1, 0.15) is 24.1 Å². The molecule has 0 aliphatic carbocycles. The van der Waals surface area contributed by atoms with Crippen molar-refractivity contribution in [3.8, 4) is 11.3 Å². The normalized spacial score (nSPS) is 12.8. The molecular formula is C17H17NO. The highest BCUT2D eigenvalue weighted by Crippen LogP contribution is 2.33. The molecule has 1 aromatic heterocycles. The van der Waals surface area contributed by atoms with E-state index in [0.717, 1.165) is 33.4 Å². The van der Waals surface area contributed by atoms with E-state index in [4.69, 9.17) is 10.2 Å². The summed E-state index contributed by atoms with van der Waals surface area (Å²) in [5.74, 6) is 0.886. The van der Waals surface area contributed by atoms with Crippen molar-refractivity contribution in [1.82, 2.24) is 0 Å². The first-order chi connectivity index (χ1) is 9.16. The maximum Gasteiger partial charge on any atom is 0.137 e. The molecule has 1 heterocycles. The summed E-state index contributed by atoms with van der Waals surface area (Å²) < 4.78 is 6.02. The van der Waals surface area contributed by atoms with Gasteiger partial charge in [0.15, 0.2) is 0 Å². The van der Waals surface area contributed by atoms with Crippen LogP contribution in [0.25, 0.3) is 22.3 Å². The highest BCUT2D eigenvalue weighted by Gasteiger charge is 2.13. The summed E-state index contributed by atoms with van der Waals surface area (Å²) in [5, 5.41) is 1.13. The lowest BCUT2D eigenvalue weighted by molar-refractivity contribution is 0.626. The Morgan fingerprint density at radius 2 is 1.84 bits per heavy atom. The van der Waals surface area contributed by atoms with Gasteiger partial charge in [-0.25, -0.2) is 0 Å². The fourth-order valence-corrected chi connectivity index (χ4v) is 2.46. The van der Waals surface area contributed by atoms with Gasteiger partial charge in [0.25, 0.3) is 0 Å². The fourth-order valence-electron chi connectivity index (χ4n) is 2.46. The first-order valence-electron chi connectivity index (χ1n) is 6.51. The SMILES string of the molecule is Cc1cccc2cc(-c3ccccc3C(C)N)oc12. The first-order valence-corrected chi connectivity index (χ1v) is 6.51. The quantitative estimate of drug-likeness (QED) is 0.731. The lowest BCUT2D eigenvalue weighted by atomic mass is 10.00. The molecule has 3 aromatic rings. The van der Waals surface area contributed by atoms with Gasteiger partial charge in [0.2, 0.25) is 0 Å². The van der Waals surface area contributed by atoms with Crippen molar-refractivity contribution >= 4 is 11.0 Å². The second-order valence-electron chi connectivity index (χ2n) is 4.98. The minimum Gasteiger partial charge on any atom is -0.456 e. The van der Waals surface area contributed by atoms with Crippen LogP contribution in [0.5, 0.6) is 0 Å². The molecule has 0 spiro atoms. The van der Waals surface area contributed by atoms with Crippen LogP contribution in [-0.4, -0.2) is 0 Å². The summed E-state index contributed by atoms with van der Waals surface area (Å²) in [6, 6.07) is 16.4. The van der Waals surface area contributed by atoms with Crippen LogP contribution in [0.15, 0.2) is 52.9 Å². The number of nitrogens with two attached hydrogens (primary N) is 1. The summed E-state index contributed by atoms with van der Waals surface area (Å²) >= 11 is 0. The second kappa shape index (κ2) is 4.56. The van der Waals surface area contributed by atoms with Crippen molar-refractivity contribution in [3.63, 3.8) is 0 Å². The van der Waals surface area contributed by atoms with Crippen LogP contribution in [0.4, 0.5) is 0 Å². The van der Waals surface area contributed by atoms with Crippen LogP contribution >= 0.6 is 0 Å². The van der Waals surface area contributed by atoms with Crippen LogP contribution in [-0.2, 0) is 0 Å². The van der Waals surface area contributed by atoms with E-state index < -0.39 is 0 Å². The molecular weight excluding hydrogens is 234 g/mol. The molecule has 2 aromatic carbocycles. The number of benzene rings is 2. The maximum atomic E-state index is 6.03.